The number of aromatic nitrogens is 1. The summed E-state index contributed by atoms with van der Waals surface area (Å²) in [6.45, 7) is 0. The molecule has 0 spiro atoms. The zero-order valence-electron chi connectivity index (χ0n) is 9.40. The van der Waals surface area contributed by atoms with Crippen LogP contribution in [0.25, 0.3) is 11.3 Å². The quantitative estimate of drug-likeness (QED) is 0.888. The fourth-order valence-electron chi connectivity index (χ4n) is 1.49. The average Bonchev–Trinajstić information content (AvgIpc) is 2.76. The van der Waals surface area contributed by atoms with Crippen molar-refractivity contribution in [1.29, 1.82) is 0 Å². The van der Waals surface area contributed by atoms with Crippen molar-refractivity contribution in [2.45, 2.75) is 6.18 Å². The van der Waals surface area contributed by atoms with Gasteiger partial charge >= 0.3 is 12.1 Å². The first-order chi connectivity index (χ1) is 9.20. The first-order valence-electron chi connectivity index (χ1n) is 5.00. The number of benzene rings is 1. The zero-order valence-corrected chi connectivity index (χ0v) is 10.2. The summed E-state index contributed by atoms with van der Waals surface area (Å²) in [5.74, 6) is -2.43. The Labute approximate surface area is 114 Å². The highest BCUT2D eigenvalue weighted by atomic mass is 35.5. The molecule has 0 bridgehead atoms. The van der Waals surface area contributed by atoms with Crippen molar-refractivity contribution >= 4 is 17.6 Å². The molecule has 0 unspecified atom stereocenters. The number of nitrogens with zero attached hydrogens (tertiary/aromatic N) is 1. The molecule has 0 radical (unpaired) electrons. The minimum atomic E-state index is -4.67. The van der Waals surface area contributed by atoms with Crippen LogP contribution in [0, 0.1) is 0 Å². The van der Waals surface area contributed by atoms with E-state index in [0.717, 1.165) is 6.07 Å². The van der Waals surface area contributed by atoms with Gasteiger partial charge in [-0.25, -0.2) is 4.79 Å². The minimum absolute atomic E-state index is 0.251. The molecule has 1 aromatic carbocycles. The molecule has 1 aromatic heterocycles. The average molecular weight is 308 g/mol. The minimum Gasteiger partial charge on any atom is -0.507 e. The van der Waals surface area contributed by atoms with Crippen molar-refractivity contribution in [3.8, 4) is 17.1 Å². The summed E-state index contributed by atoms with van der Waals surface area (Å²) in [4.78, 5) is 10.6. The van der Waals surface area contributed by atoms with E-state index in [1.165, 1.54) is 0 Å². The van der Waals surface area contributed by atoms with E-state index in [-0.39, 0.29) is 11.3 Å². The number of phenolic OH excluding ortho intramolecular Hbond substituents is 1. The van der Waals surface area contributed by atoms with E-state index in [2.05, 4.69) is 9.68 Å². The summed E-state index contributed by atoms with van der Waals surface area (Å²) in [7, 11) is 0. The van der Waals surface area contributed by atoms with Crippen LogP contribution in [0.3, 0.4) is 0 Å². The number of phenols is 1. The Morgan fingerprint density at radius 3 is 2.40 bits per heavy atom. The molecule has 20 heavy (non-hydrogen) atoms. The van der Waals surface area contributed by atoms with Gasteiger partial charge in [0.2, 0.25) is 0 Å². The third-order valence-corrected chi connectivity index (χ3v) is 2.67. The molecule has 9 heteroatoms. The Morgan fingerprint density at radius 2 is 1.95 bits per heavy atom. The zero-order chi connectivity index (χ0) is 15.1. The number of aromatic carboxylic acids is 1. The highest BCUT2D eigenvalue weighted by Crippen LogP contribution is 2.41. The lowest BCUT2D eigenvalue weighted by Crippen LogP contribution is -2.04. The van der Waals surface area contributed by atoms with Gasteiger partial charge in [0.05, 0.1) is 16.1 Å². The standard InChI is InChI=1S/C11H5ClF3NO4/c12-5-1-4(11(13,14)15)2-7(17)9(5)8-3-6(10(18)19)16-20-8/h1-3,17H,(H,18,19). The van der Waals surface area contributed by atoms with Crippen LogP contribution in [-0.2, 0) is 6.18 Å². The summed E-state index contributed by atoms with van der Waals surface area (Å²) >= 11 is 5.67. The molecule has 0 aliphatic carbocycles. The van der Waals surface area contributed by atoms with Crippen LogP contribution < -0.4 is 0 Å². The number of hydrogen-bond donors (Lipinski definition) is 2. The van der Waals surface area contributed by atoms with E-state index < -0.39 is 34.2 Å². The SMILES string of the molecule is O=C(O)c1cc(-c2c(O)cc(C(F)(F)F)cc2Cl)on1. The van der Waals surface area contributed by atoms with Crippen molar-refractivity contribution < 1.29 is 32.7 Å². The molecule has 0 aliphatic rings. The van der Waals surface area contributed by atoms with Crippen molar-refractivity contribution in [3.05, 3.63) is 34.5 Å². The van der Waals surface area contributed by atoms with Gasteiger partial charge in [0.15, 0.2) is 11.5 Å². The number of alkyl halides is 3. The van der Waals surface area contributed by atoms with Crippen LogP contribution in [0.4, 0.5) is 13.2 Å². The maximum Gasteiger partial charge on any atom is 0.416 e. The Kier molecular flexibility index (Phi) is 3.34. The first-order valence-corrected chi connectivity index (χ1v) is 5.38. The van der Waals surface area contributed by atoms with Gasteiger partial charge in [0.25, 0.3) is 0 Å². The third kappa shape index (κ3) is 2.55. The van der Waals surface area contributed by atoms with Gasteiger partial charge in [-0.1, -0.05) is 16.8 Å². The van der Waals surface area contributed by atoms with E-state index in [9.17, 15) is 23.1 Å². The fraction of sp³-hybridized carbons (Fsp3) is 0.0909. The lowest BCUT2D eigenvalue weighted by atomic mass is 10.1. The molecule has 5 nitrogen and oxygen atoms in total. The molecule has 2 rings (SSSR count). The van der Waals surface area contributed by atoms with E-state index in [1.54, 1.807) is 0 Å². The Balaban J connectivity index is 2.55. The topological polar surface area (TPSA) is 83.6 Å². The van der Waals surface area contributed by atoms with Gasteiger partial charge in [-0.15, -0.1) is 0 Å². The number of aromatic hydroxyl groups is 1. The van der Waals surface area contributed by atoms with E-state index in [0.29, 0.717) is 12.1 Å². The van der Waals surface area contributed by atoms with E-state index in [1.807, 2.05) is 0 Å². The summed E-state index contributed by atoms with van der Waals surface area (Å²) in [6.07, 6.45) is -4.67. The third-order valence-electron chi connectivity index (χ3n) is 2.37. The molecule has 0 amide bonds. The van der Waals surface area contributed by atoms with Gasteiger partial charge in [-0.2, -0.15) is 13.2 Å². The van der Waals surface area contributed by atoms with Crippen molar-refractivity contribution in [2.24, 2.45) is 0 Å². The molecular weight excluding hydrogens is 303 g/mol. The molecule has 1 heterocycles. The van der Waals surface area contributed by atoms with E-state index >= 15 is 0 Å². The smallest absolute Gasteiger partial charge is 0.416 e. The van der Waals surface area contributed by atoms with Crippen molar-refractivity contribution in [3.63, 3.8) is 0 Å². The Hall–Kier alpha value is -2.22. The summed E-state index contributed by atoms with van der Waals surface area (Å²) < 4.78 is 42.2. The molecule has 2 aromatic rings. The predicted octanol–water partition coefficient (Wildman–Crippen LogP) is 3.42. The highest BCUT2D eigenvalue weighted by Gasteiger charge is 2.33. The van der Waals surface area contributed by atoms with Crippen LogP contribution in [0.1, 0.15) is 16.1 Å². The monoisotopic (exact) mass is 307 g/mol. The Bertz CT molecular complexity index is 658. The maximum absolute atomic E-state index is 12.5. The second-order valence-corrected chi connectivity index (χ2v) is 4.14. The molecule has 0 atom stereocenters. The van der Waals surface area contributed by atoms with Crippen LogP contribution >= 0.6 is 11.6 Å². The highest BCUT2D eigenvalue weighted by molar-refractivity contribution is 6.33. The lowest BCUT2D eigenvalue weighted by molar-refractivity contribution is -0.137. The van der Waals surface area contributed by atoms with Crippen LogP contribution in [0.2, 0.25) is 5.02 Å². The summed E-state index contributed by atoms with van der Waals surface area (Å²) in [5.41, 5.74) is -1.86. The van der Waals surface area contributed by atoms with Gasteiger partial charge < -0.3 is 14.7 Å². The van der Waals surface area contributed by atoms with Crippen molar-refractivity contribution in [2.75, 3.05) is 0 Å². The predicted molar refractivity (Wildman–Crippen MR) is 60.6 cm³/mol. The molecule has 0 saturated carbocycles. The Morgan fingerprint density at radius 1 is 1.30 bits per heavy atom. The largest absolute Gasteiger partial charge is 0.507 e. The van der Waals surface area contributed by atoms with E-state index in [4.69, 9.17) is 16.7 Å². The van der Waals surface area contributed by atoms with Crippen LogP contribution in [0.15, 0.2) is 22.7 Å². The second-order valence-electron chi connectivity index (χ2n) is 3.73. The number of carboxylic acid groups (broad SMARTS) is 1. The second kappa shape index (κ2) is 4.71. The number of halogens is 4. The number of hydrogen-bond acceptors (Lipinski definition) is 4. The number of carbonyl (C=O) groups is 1. The molecule has 0 saturated heterocycles. The number of carboxylic acids is 1. The maximum atomic E-state index is 12.5. The molecule has 0 aliphatic heterocycles. The lowest BCUT2D eigenvalue weighted by Gasteiger charge is -2.10. The molecular formula is C11H5ClF3NO4. The summed E-state index contributed by atoms with van der Waals surface area (Å²) in [5, 5.41) is 21.0. The van der Waals surface area contributed by atoms with Gasteiger partial charge in [-0.05, 0) is 12.1 Å². The van der Waals surface area contributed by atoms with Crippen molar-refractivity contribution in [1.82, 2.24) is 5.16 Å². The van der Waals surface area contributed by atoms with Gasteiger partial charge in [0.1, 0.15) is 5.75 Å². The van der Waals surface area contributed by atoms with Gasteiger partial charge in [0, 0.05) is 6.07 Å². The molecule has 106 valence electrons. The molecule has 0 fully saturated rings. The molecule has 2 N–H and O–H groups in total. The van der Waals surface area contributed by atoms with Gasteiger partial charge in [-0.3, -0.25) is 0 Å². The summed E-state index contributed by atoms with van der Waals surface area (Å²) in [6, 6.07) is 2.00. The fourth-order valence-corrected chi connectivity index (χ4v) is 1.80. The number of rotatable bonds is 2. The normalized spacial score (nSPS) is 11.6. The van der Waals surface area contributed by atoms with Crippen LogP contribution in [-0.4, -0.2) is 21.3 Å². The van der Waals surface area contributed by atoms with Crippen LogP contribution in [0.5, 0.6) is 5.75 Å². The first kappa shape index (κ1) is 14.2.